The van der Waals surface area contributed by atoms with Gasteiger partial charge in [0.25, 0.3) is 0 Å². The lowest BCUT2D eigenvalue weighted by Crippen LogP contribution is -2.29. The largest absolute Gasteiger partial charge is 0.472 e. The number of aliphatic hydroxyl groups excluding tert-OH is 2. The first-order valence-corrected chi connectivity index (χ1v) is 22.8. The van der Waals surface area contributed by atoms with E-state index in [1.807, 2.05) is 18.2 Å². The van der Waals surface area contributed by atoms with Crippen molar-refractivity contribution in [2.24, 2.45) is 5.92 Å². The number of phosphoric acid groups is 2. The molecule has 2 unspecified atom stereocenters. The highest BCUT2D eigenvalue weighted by atomic mass is 31.2. The number of hydrogen-bond acceptors (Lipinski definition) is 11. The monoisotopic (exact) mass is 824 g/mol. The van der Waals surface area contributed by atoms with Crippen molar-refractivity contribution in [1.82, 2.24) is 0 Å². The fourth-order valence-electron chi connectivity index (χ4n) is 4.90. The van der Waals surface area contributed by atoms with E-state index in [1.165, 1.54) is 38.5 Å². The van der Waals surface area contributed by atoms with Crippen LogP contribution in [0.15, 0.2) is 48.6 Å². The molecular weight excluding hydrogens is 754 g/mol. The molecule has 55 heavy (non-hydrogen) atoms. The third-order valence-corrected chi connectivity index (χ3v) is 9.41. The second kappa shape index (κ2) is 34.1. The SMILES string of the molecule is CCCCC/C=C\C/C=C\CC(O)/C=C\C=C\CCCC(=O)O[C@H](COC(=O)CCCCCCCCCC(C)C)COP(=O)(O)OC[C@@H](O)COP(=O)(O)O. The Morgan fingerprint density at radius 3 is 1.96 bits per heavy atom. The Hall–Kier alpha value is -1.96. The summed E-state index contributed by atoms with van der Waals surface area (Å²) in [5, 5.41) is 19.8. The average Bonchev–Trinajstić information content (AvgIpc) is 3.12. The highest BCUT2D eigenvalue weighted by Gasteiger charge is 2.28. The fraction of sp³-hybridized carbons (Fsp3) is 0.744. The van der Waals surface area contributed by atoms with Crippen LogP contribution in [0.1, 0.15) is 136 Å². The molecule has 5 N–H and O–H groups in total. The van der Waals surface area contributed by atoms with E-state index in [4.69, 9.17) is 23.8 Å². The van der Waals surface area contributed by atoms with Gasteiger partial charge in [0.2, 0.25) is 0 Å². The lowest BCUT2D eigenvalue weighted by molar-refractivity contribution is -0.161. The molecule has 4 atom stereocenters. The number of hydrogen-bond donors (Lipinski definition) is 5. The Bertz CT molecular complexity index is 1200. The second-order valence-corrected chi connectivity index (χ2v) is 16.6. The van der Waals surface area contributed by atoms with E-state index in [-0.39, 0.29) is 12.8 Å². The standard InChI is InChI=1S/C39H70O14P2/c1-4-5-6-7-8-9-12-16-21-26-35(40)27-22-17-14-19-24-29-39(43)53-37(33-52-55(47,48)51-31-36(41)30-50-54(44,45)46)32-49-38(42)28-23-18-13-10-11-15-20-25-34(2)3/h8-9,14,16-17,21-22,27,34-37,40-41H,4-7,10-13,15,18-20,23-26,28-33H2,1-3H3,(H,47,48)(H2,44,45,46)/b9-8-,17-14+,21-16-,27-22-/t35?,36-,37+/m0/s1. The molecule has 0 saturated heterocycles. The van der Waals surface area contributed by atoms with Gasteiger partial charge in [-0.15, -0.1) is 0 Å². The molecule has 0 heterocycles. The van der Waals surface area contributed by atoms with Crippen LogP contribution in [0.2, 0.25) is 0 Å². The molecule has 0 aromatic carbocycles. The minimum absolute atomic E-state index is 0.00447. The number of unbranched alkanes of at least 4 members (excludes halogenated alkanes) is 10. The number of phosphoric ester groups is 2. The van der Waals surface area contributed by atoms with Gasteiger partial charge in [-0.1, -0.05) is 127 Å². The van der Waals surface area contributed by atoms with Crippen molar-refractivity contribution in [2.75, 3.05) is 26.4 Å². The van der Waals surface area contributed by atoms with Gasteiger partial charge in [-0.25, -0.2) is 9.13 Å². The zero-order valence-electron chi connectivity index (χ0n) is 33.3. The summed E-state index contributed by atoms with van der Waals surface area (Å²) in [4.78, 5) is 52.4. The molecule has 0 aromatic heterocycles. The highest BCUT2D eigenvalue weighted by molar-refractivity contribution is 7.47. The topological polar surface area (TPSA) is 216 Å². The van der Waals surface area contributed by atoms with Crippen molar-refractivity contribution in [3.8, 4) is 0 Å². The Labute approximate surface area is 329 Å². The van der Waals surface area contributed by atoms with Gasteiger partial charge >= 0.3 is 27.6 Å². The quantitative estimate of drug-likeness (QED) is 0.0132. The van der Waals surface area contributed by atoms with Crippen LogP contribution in [-0.4, -0.2) is 81.6 Å². The third-order valence-electron chi connectivity index (χ3n) is 7.97. The molecule has 0 amide bonds. The zero-order valence-corrected chi connectivity index (χ0v) is 35.1. The van der Waals surface area contributed by atoms with Crippen LogP contribution in [0.25, 0.3) is 0 Å². The number of aliphatic hydroxyl groups is 2. The number of rotatable bonds is 36. The van der Waals surface area contributed by atoms with Crippen LogP contribution >= 0.6 is 15.6 Å². The Balaban J connectivity index is 4.76. The molecule has 0 spiro atoms. The summed E-state index contributed by atoms with van der Waals surface area (Å²) in [5.74, 6) is -0.456. The van der Waals surface area contributed by atoms with Crippen LogP contribution in [0.4, 0.5) is 0 Å². The summed E-state index contributed by atoms with van der Waals surface area (Å²) < 4.78 is 47.5. The fourth-order valence-corrected chi connectivity index (χ4v) is 6.05. The molecule has 0 aliphatic heterocycles. The summed E-state index contributed by atoms with van der Waals surface area (Å²) in [6, 6.07) is 0. The van der Waals surface area contributed by atoms with Gasteiger partial charge in [0.05, 0.1) is 25.9 Å². The van der Waals surface area contributed by atoms with Crippen molar-refractivity contribution in [1.29, 1.82) is 0 Å². The van der Waals surface area contributed by atoms with Crippen molar-refractivity contribution in [3.05, 3.63) is 48.6 Å². The summed E-state index contributed by atoms with van der Waals surface area (Å²) in [5.41, 5.74) is 0. The van der Waals surface area contributed by atoms with E-state index < -0.39 is 72.3 Å². The van der Waals surface area contributed by atoms with E-state index in [0.717, 1.165) is 38.5 Å². The van der Waals surface area contributed by atoms with Gasteiger partial charge in [0.15, 0.2) is 6.10 Å². The molecule has 0 aliphatic carbocycles. The van der Waals surface area contributed by atoms with E-state index in [0.29, 0.717) is 31.6 Å². The van der Waals surface area contributed by atoms with Gasteiger partial charge < -0.3 is 34.4 Å². The number of ether oxygens (including phenoxy) is 2. The third kappa shape index (κ3) is 38.7. The Kier molecular flexibility index (Phi) is 32.9. The smallest absolute Gasteiger partial charge is 0.462 e. The summed E-state index contributed by atoms with van der Waals surface area (Å²) in [6.07, 6.45) is 27.5. The van der Waals surface area contributed by atoms with Gasteiger partial charge in [0, 0.05) is 12.8 Å². The van der Waals surface area contributed by atoms with Crippen LogP contribution in [0.5, 0.6) is 0 Å². The number of carbonyl (C=O) groups excluding carboxylic acids is 2. The molecule has 0 aliphatic rings. The minimum atomic E-state index is -4.88. The molecule has 14 nitrogen and oxygen atoms in total. The molecule has 320 valence electrons. The maximum Gasteiger partial charge on any atom is 0.472 e. The summed E-state index contributed by atoms with van der Waals surface area (Å²) >= 11 is 0. The lowest BCUT2D eigenvalue weighted by Gasteiger charge is -2.20. The van der Waals surface area contributed by atoms with Crippen LogP contribution in [0, 0.1) is 5.92 Å². The first-order chi connectivity index (χ1) is 26.1. The van der Waals surface area contributed by atoms with E-state index in [2.05, 4.69) is 42.0 Å². The van der Waals surface area contributed by atoms with Crippen molar-refractivity contribution < 1.29 is 66.7 Å². The molecular formula is C39H70O14P2. The van der Waals surface area contributed by atoms with Crippen LogP contribution in [0.3, 0.4) is 0 Å². The Morgan fingerprint density at radius 1 is 0.655 bits per heavy atom. The van der Waals surface area contributed by atoms with Crippen LogP contribution in [-0.2, 0) is 41.8 Å². The average molecular weight is 825 g/mol. The van der Waals surface area contributed by atoms with E-state index in [9.17, 15) is 33.8 Å². The maximum absolute atomic E-state index is 12.6. The van der Waals surface area contributed by atoms with Gasteiger partial charge in [-0.2, -0.15) is 0 Å². The number of carbonyl (C=O) groups is 2. The van der Waals surface area contributed by atoms with E-state index >= 15 is 0 Å². The number of allylic oxidation sites excluding steroid dienone is 6. The van der Waals surface area contributed by atoms with E-state index in [1.54, 1.807) is 18.2 Å². The second-order valence-electron chi connectivity index (χ2n) is 13.9. The first kappa shape index (κ1) is 53.0. The molecule has 0 fully saturated rings. The normalized spacial score (nSPS) is 15.4. The minimum Gasteiger partial charge on any atom is -0.462 e. The molecule has 0 aromatic rings. The molecule has 0 saturated carbocycles. The van der Waals surface area contributed by atoms with Gasteiger partial charge in [-0.05, 0) is 50.9 Å². The van der Waals surface area contributed by atoms with Crippen LogP contribution < -0.4 is 0 Å². The first-order valence-electron chi connectivity index (χ1n) is 19.8. The summed E-state index contributed by atoms with van der Waals surface area (Å²) in [6.45, 7) is 3.77. The predicted octanol–water partition coefficient (Wildman–Crippen LogP) is 8.33. The molecule has 0 rings (SSSR count). The lowest BCUT2D eigenvalue weighted by atomic mass is 10.0. The number of esters is 2. The molecule has 0 bridgehead atoms. The highest BCUT2D eigenvalue weighted by Crippen LogP contribution is 2.43. The van der Waals surface area contributed by atoms with Crippen molar-refractivity contribution in [3.63, 3.8) is 0 Å². The Morgan fingerprint density at radius 2 is 1.27 bits per heavy atom. The van der Waals surface area contributed by atoms with Crippen molar-refractivity contribution in [2.45, 2.75) is 155 Å². The van der Waals surface area contributed by atoms with Crippen molar-refractivity contribution >= 4 is 27.6 Å². The molecule has 16 heteroatoms. The van der Waals surface area contributed by atoms with Gasteiger partial charge in [0.1, 0.15) is 12.7 Å². The zero-order chi connectivity index (χ0) is 41.2. The predicted molar refractivity (Wildman–Crippen MR) is 213 cm³/mol. The summed E-state index contributed by atoms with van der Waals surface area (Å²) in [7, 11) is -9.71. The van der Waals surface area contributed by atoms with Gasteiger partial charge in [-0.3, -0.25) is 23.2 Å². The maximum atomic E-state index is 12.6. The molecule has 0 radical (unpaired) electrons.